The van der Waals surface area contributed by atoms with Crippen molar-refractivity contribution < 1.29 is 24.5 Å². The molecule has 1 amide bonds. The van der Waals surface area contributed by atoms with Crippen LogP contribution >= 0.6 is 0 Å². The van der Waals surface area contributed by atoms with E-state index in [2.05, 4.69) is 4.74 Å². The molecule has 6 heteroatoms. The molecule has 0 saturated carbocycles. The van der Waals surface area contributed by atoms with Gasteiger partial charge in [-0.1, -0.05) is 30.3 Å². The molecular weight excluding hydrogens is 274 g/mol. The van der Waals surface area contributed by atoms with Crippen LogP contribution in [-0.2, 0) is 11.3 Å². The van der Waals surface area contributed by atoms with Crippen molar-refractivity contribution in [1.82, 2.24) is 0 Å². The van der Waals surface area contributed by atoms with Gasteiger partial charge in [-0.05, 0) is 17.7 Å². The normalized spacial score (nSPS) is 10.1. The number of carbonyl (C=O) groups is 2. The van der Waals surface area contributed by atoms with Crippen LogP contribution in [0.25, 0.3) is 0 Å². The molecule has 108 valence electrons. The average Bonchev–Trinajstić information content (AvgIpc) is 2.48. The van der Waals surface area contributed by atoms with Gasteiger partial charge in [0, 0.05) is 5.56 Å². The maximum atomic E-state index is 12.2. The Labute approximate surface area is 120 Å². The van der Waals surface area contributed by atoms with Gasteiger partial charge >= 0.3 is 6.09 Å². The summed E-state index contributed by atoms with van der Waals surface area (Å²) in [4.78, 5) is 22.7. The number of amides is 1. The second kappa shape index (κ2) is 5.96. The monoisotopic (exact) mass is 287 g/mol. The van der Waals surface area contributed by atoms with Crippen molar-refractivity contribution in [1.29, 1.82) is 0 Å². The predicted octanol–water partition coefficient (Wildman–Crippen LogP) is 1.92. The summed E-state index contributed by atoms with van der Waals surface area (Å²) < 4.78 is 4.63. The van der Waals surface area contributed by atoms with Gasteiger partial charge in [0.1, 0.15) is 6.61 Å². The highest BCUT2D eigenvalue weighted by molar-refractivity contribution is 6.11. The number of ketones is 1. The zero-order chi connectivity index (χ0) is 15.4. The van der Waals surface area contributed by atoms with Crippen molar-refractivity contribution in [2.45, 2.75) is 6.61 Å². The van der Waals surface area contributed by atoms with E-state index in [1.54, 1.807) is 12.1 Å². The van der Waals surface area contributed by atoms with Crippen LogP contribution in [-0.4, -0.2) is 22.1 Å². The first-order valence-electron chi connectivity index (χ1n) is 6.06. The quantitative estimate of drug-likeness (QED) is 0.588. The SMILES string of the molecule is NC(=O)OCc1ccc(C(=O)c2cccc(O)c2O)cc1. The smallest absolute Gasteiger partial charge is 0.404 e. The van der Waals surface area contributed by atoms with Gasteiger partial charge in [-0.15, -0.1) is 0 Å². The fourth-order valence-corrected chi connectivity index (χ4v) is 1.78. The fourth-order valence-electron chi connectivity index (χ4n) is 1.78. The zero-order valence-electron chi connectivity index (χ0n) is 10.9. The summed E-state index contributed by atoms with van der Waals surface area (Å²) in [6.07, 6.45) is -0.875. The first kappa shape index (κ1) is 14.4. The molecule has 0 aromatic heterocycles. The minimum atomic E-state index is -0.875. The standard InChI is InChI=1S/C15H13NO5/c16-15(20)21-8-9-4-6-10(7-5-9)13(18)11-2-1-3-12(17)14(11)19/h1-7,17,19H,8H2,(H2,16,20). The number of rotatable bonds is 4. The summed E-state index contributed by atoms with van der Waals surface area (Å²) in [6.45, 7) is 0.0151. The summed E-state index contributed by atoms with van der Waals surface area (Å²) in [7, 11) is 0. The molecule has 2 aromatic carbocycles. The van der Waals surface area contributed by atoms with E-state index in [0.29, 0.717) is 11.1 Å². The van der Waals surface area contributed by atoms with Crippen LogP contribution in [0.3, 0.4) is 0 Å². The molecule has 0 fully saturated rings. The van der Waals surface area contributed by atoms with Crippen LogP contribution in [0.15, 0.2) is 42.5 Å². The van der Waals surface area contributed by atoms with Gasteiger partial charge in [0.25, 0.3) is 0 Å². The Morgan fingerprint density at radius 2 is 1.71 bits per heavy atom. The number of nitrogens with two attached hydrogens (primary N) is 1. The Hall–Kier alpha value is -3.02. The molecule has 2 aromatic rings. The van der Waals surface area contributed by atoms with Crippen molar-refractivity contribution in [2.75, 3.05) is 0 Å². The van der Waals surface area contributed by atoms with E-state index in [1.807, 2.05) is 0 Å². The van der Waals surface area contributed by atoms with E-state index in [9.17, 15) is 19.8 Å². The Bertz CT molecular complexity index is 679. The van der Waals surface area contributed by atoms with Crippen LogP contribution in [0.4, 0.5) is 4.79 Å². The van der Waals surface area contributed by atoms with Crippen molar-refractivity contribution in [3.63, 3.8) is 0 Å². The van der Waals surface area contributed by atoms with Crippen LogP contribution < -0.4 is 5.73 Å². The maximum absolute atomic E-state index is 12.2. The van der Waals surface area contributed by atoms with E-state index in [-0.39, 0.29) is 17.9 Å². The number of hydrogen-bond donors (Lipinski definition) is 3. The molecule has 6 nitrogen and oxygen atoms in total. The molecule has 0 atom stereocenters. The van der Waals surface area contributed by atoms with Gasteiger partial charge in [-0.25, -0.2) is 4.79 Å². The fraction of sp³-hybridized carbons (Fsp3) is 0.0667. The van der Waals surface area contributed by atoms with Gasteiger partial charge in [-0.2, -0.15) is 0 Å². The highest BCUT2D eigenvalue weighted by atomic mass is 16.5. The molecule has 0 radical (unpaired) electrons. The lowest BCUT2D eigenvalue weighted by molar-refractivity contribution is 0.103. The van der Waals surface area contributed by atoms with E-state index in [0.717, 1.165) is 0 Å². The summed E-state index contributed by atoms with van der Waals surface area (Å²) >= 11 is 0. The number of carbonyl (C=O) groups excluding carboxylic acids is 2. The van der Waals surface area contributed by atoms with Gasteiger partial charge in [0.2, 0.25) is 0 Å². The highest BCUT2D eigenvalue weighted by Crippen LogP contribution is 2.29. The summed E-state index contributed by atoms with van der Waals surface area (Å²) in [6, 6.07) is 10.5. The Kier molecular flexibility index (Phi) is 4.08. The third kappa shape index (κ3) is 3.30. The van der Waals surface area contributed by atoms with E-state index in [1.165, 1.54) is 30.3 Å². The topological polar surface area (TPSA) is 110 Å². The molecule has 0 heterocycles. The summed E-state index contributed by atoms with van der Waals surface area (Å²) in [5.74, 6) is -1.23. The molecule has 0 bridgehead atoms. The van der Waals surface area contributed by atoms with Gasteiger partial charge in [0.15, 0.2) is 17.3 Å². The number of hydrogen-bond acceptors (Lipinski definition) is 5. The number of ether oxygens (including phenoxy) is 1. The van der Waals surface area contributed by atoms with Crippen LogP contribution in [0.2, 0.25) is 0 Å². The minimum absolute atomic E-state index is 0.0103. The molecule has 0 unspecified atom stereocenters. The molecule has 4 N–H and O–H groups in total. The highest BCUT2D eigenvalue weighted by Gasteiger charge is 2.15. The molecular formula is C15H13NO5. The van der Waals surface area contributed by atoms with Crippen molar-refractivity contribution in [2.24, 2.45) is 5.73 Å². The van der Waals surface area contributed by atoms with Gasteiger partial charge in [0.05, 0.1) is 5.56 Å². The van der Waals surface area contributed by atoms with Crippen molar-refractivity contribution >= 4 is 11.9 Å². The van der Waals surface area contributed by atoms with E-state index in [4.69, 9.17) is 5.73 Å². The number of phenolic OH excluding ortho intramolecular Hbond substituents is 2. The van der Waals surface area contributed by atoms with Crippen LogP contribution in [0, 0.1) is 0 Å². The maximum Gasteiger partial charge on any atom is 0.404 e. The van der Waals surface area contributed by atoms with E-state index < -0.39 is 17.6 Å². The summed E-state index contributed by atoms with van der Waals surface area (Å²) in [5.41, 5.74) is 5.87. The lowest BCUT2D eigenvalue weighted by Gasteiger charge is -2.06. The van der Waals surface area contributed by atoms with Crippen molar-refractivity contribution in [3.8, 4) is 11.5 Å². The Morgan fingerprint density at radius 3 is 2.33 bits per heavy atom. The van der Waals surface area contributed by atoms with Gasteiger partial charge in [-0.3, -0.25) is 4.79 Å². The number of phenols is 2. The minimum Gasteiger partial charge on any atom is -0.504 e. The first-order chi connectivity index (χ1) is 9.99. The third-order valence-corrected chi connectivity index (χ3v) is 2.86. The van der Waals surface area contributed by atoms with Crippen LogP contribution in [0.5, 0.6) is 11.5 Å². The molecule has 0 aliphatic carbocycles. The molecule has 0 saturated heterocycles. The van der Waals surface area contributed by atoms with Crippen LogP contribution in [0.1, 0.15) is 21.5 Å². The average molecular weight is 287 g/mol. The number of benzene rings is 2. The second-order valence-corrected chi connectivity index (χ2v) is 4.31. The first-order valence-corrected chi connectivity index (χ1v) is 6.06. The lowest BCUT2D eigenvalue weighted by Crippen LogP contribution is -2.12. The molecule has 0 aliphatic rings. The largest absolute Gasteiger partial charge is 0.504 e. The number of aromatic hydroxyl groups is 2. The Morgan fingerprint density at radius 1 is 1.05 bits per heavy atom. The third-order valence-electron chi connectivity index (χ3n) is 2.86. The number of primary amides is 1. The lowest BCUT2D eigenvalue weighted by atomic mass is 10.0. The molecule has 2 rings (SSSR count). The molecule has 0 spiro atoms. The zero-order valence-corrected chi connectivity index (χ0v) is 10.9. The molecule has 21 heavy (non-hydrogen) atoms. The van der Waals surface area contributed by atoms with Crippen molar-refractivity contribution in [3.05, 3.63) is 59.2 Å². The second-order valence-electron chi connectivity index (χ2n) is 4.31. The van der Waals surface area contributed by atoms with Gasteiger partial charge < -0.3 is 20.7 Å². The van der Waals surface area contributed by atoms with E-state index >= 15 is 0 Å². The summed E-state index contributed by atoms with van der Waals surface area (Å²) in [5, 5.41) is 19.1. The predicted molar refractivity (Wildman–Crippen MR) is 74.0 cm³/mol. The number of para-hydroxylation sites is 1. The molecule has 0 aliphatic heterocycles. The Balaban J connectivity index is 2.20.